The predicted molar refractivity (Wildman–Crippen MR) is 211 cm³/mol. The smallest absolute Gasteiger partial charge is 0.143 e. The molecule has 0 aliphatic carbocycles. The molecule has 0 N–H and O–H groups in total. The van der Waals surface area contributed by atoms with Gasteiger partial charge in [-0.3, -0.25) is 0 Å². The van der Waals surface area contributed by atoms with Crippen LogP contribution < -0.4 is 0 Å². The molecule has 0 unspecified atom stereocenters. The van der Waals surface area contributed by atoms with Crippen molar-refractivity contribution in [2.45, 2.75) is 0 Å². The molecule has 0 saturated heterocycles. The van der Waals surface area contributed by atoms with Gasteiger partial charge in [0.15, 0.2) is 0 Å². The van der Waals surface area contributed by atoms with E-state index in [0.717, 1.165) is 60.4 Å². The maximum Gasteiger partial charge on any atom is 0.143 e. The van der Waals surface area contributed by atoms with Gasteiger partial charge in [0.2, 0.25) is 0 Å². The average molecular weight is 635 g/mol. The van der Waals surface area contributed by atoms with E-state index in [2.05, 4.69) is 158 Å². The Bertz CT molecular complexity index is 3360. The van der Waals surface area contributed by atoms with Gasteiger partial charge in [0.25, 0.3) is 0 Å². The highest BCUT2D eigenvalue weighted by atomic mass is 16.3. The highest BCUT2D eigenvalue weighted by molar-refractivity contribution is 6.28. The molecule has 2 aromatic heterocycles. The monoisotopic (exact) mass is 634 g/mol. The predicted octanol–water partition coefficient (Wildman–Crippen LogP) is 14.0. The fourth-order valence-corrected chi connectivity index (χ4v) is 8.74. The third-order valence-corrected chi connectivity index (χ3v) is 11.0. The van der Waals surface area contributed by atoms with Gasteiger partial charge in [0, 0.05) is 32.5 Å². The Balaban J connectivity index is 1.19. The molecule has 0 spiro atoms. The summed E-state index contributed by atoms with van der Waals surface area (Å²) >= 11 is 0. The van der Waals surface area contributed by atoms with Crippen LogP contribution >= 0.6 is 0 Å². The van der Waals surface area contributed by atoms with Crippen LogP contribution in [0, 0.1) is 0 Å². The number of hydrogen-bond donors (Lipinski definition) is 0. The van der Waals surface area contributed by atoms with Crippen LogP contribution in [-0.2, 0) is 0 Å². The molecular formula is C48H26O2. The Labute approximate surface area is 285 Å². The molecule has 0 saturated carbocycles. The van der Waals surface area contributed by atoms with Crippen molar-refractivity contribution in [3.63, 3.8) is 0 Å². The molecule has 0 aliphatic rings. The lowest BCUT2D eigenvalue weighted by molar-refractivity contribution is 0.669. The van der Waals surface area contributed by atoms with E-state index in [1.165, 1.54) is 59.6 Å². The maximum atomic E-state index is 7.07. The van der Waals surface area contributed by atoms with Crippen LogP contribution in [0.1, 0.15) is 0 Å². The van der Waals surface area contributed by atoms with Gasteiger partial charge in [0.05, 0.1) is 0 Å². The van der Waals surface area contributed by atoms with Crippen molar-refractivity contribution in [2.24, 2.45) is 0 Å². The van der Waals surface area contributed by atoms with Gasteiger partial charge in [0.1, 0.15) is 22.3 Å². The van der Waals surface area contributed by atoms with Crippen molar-refractivity contribution in [1.29, 1.82) is 0 Å². The quantitative estimate of drug-likeness (QED) is 0.177. The van der Waals surface area contributed by atoms with E-state index in [1.54, 1.807) is 0 Å². The second-order valence-corrected chi connectivity index (χ2v) is 13.6. The first-order valence-corrected chi connectivity index (χ1v) is 17.2. The van der Waals surface area contributed by atoms with Crippen molar-refractivity contribution in [3.8, 4) is 22.3 Å². The summed E-state index contributed by atoms with van der Waals surface area (Å²) in [5.41, 5.74) is 8.17. The normalized spacial score (nSPS) is 12.4. The van der Waals surface area contributed by atoms with E-state index >= 15 is 0 Å². The topological polar surface area (TPSA) is 26.3 Å². The number of benzene rings is 10. The first kappa shape index (κ1) is 26.3. The zero-order chi connectivity index (χ0) is 32.5. The van der Waals surface area contributed by atoms with Gasteiger partial charge in [-0.05, 0) is 95.5 Å². The Kier molecular flexibility index (Phi) is 5.00. The second-order valence-electron chi connectivity index (χ2n) is 13.6. The molecule has 12 rings (SSSR count). The van der Waals surface area contributed by atoms with Crippen LogP contribution in [-0.4, -0.2) is 0 Å². The summed E-state index contributed by atoms with van der Waals surface area (Å²) in [6.45, 7) is 0. The number of rotatable bonds is 2. The minimum absolute atomic E-state index is 0.886. The molecule has 50 heavy (non-hydrogen) atoms. The number of hydrogen-bond acceptors (Lipinski definition) is 2. The standard InChI is InChI=1S/C48H26O2/c1-3-10-33-27(6-1)17-25-42-45(33)40-26-32(18-24-41(40)49-42)35-22-23-38(46-39-21-14-28-7-2-4-11-34(28)47(39)50-48(35)46)36-19-15-31-13-12-29-8-5-9-30-16-20-37(36)44(31)43(29)30/h1-26H. The lowest BCUT2D eigenvalue weighted by atomic mass is 9.87. The van der Waals surface area contributed by atoms with Gasteiger partial charge >= 0.3 is 0 Å². The number of furan rings is 2. The van der Waals surface area contributed by atoms with E-state index in [4.69, 9.17) is 8.83 Å². The largest absolute Gasteiger partial charge is 0.456 e. The zero-order valence-corrected chi connectivity index (χ0v) is 26.8. The Morgan fingerprint density at radius 1 is 0.280 bits per heavy atom. The van der Waals surface area contributed by atoms with Gasteiger partial charge in [-0.1, -0.05) is 127 Å². The third kappa shape index (κ3) is 3.42. The first-order chi connectivity index (χ1) is 24.8. The SMILES string of the molecule is c1ccc2c(c1)ccc1c2oc2c(-c3ccc4oc5ccc6ccccc6c5c4c3)ccc(-c3ccc4ccc5cccc6ccc3c4c56)c21. The van der Waals surface area contributed by atoms with E-state index in [0.29, 0.717) is 0 Å². The van der Waals surface area contributed by atoms with Crippen molar-refractivity contribution < 1.29 is 8.83 Å². The summed E-state index contributed by atoms with van der Waals surface area (Å²) in [6, 6.07) is 57.1. The Morgan fingerprint density at radius 3 is 1.78 bits per heavy atom. The van der Waals surface area contributed by atoms with Gasteiger partial charge in [-0.25, -0.2) is 0 Å². The zero-order valence-electron chi connectivity index (χ0n) is 26.8. The summed E-state index contributed by atoms with van der Waals surface area (Å²) in [5, 5.41) is 16.9. The van der Waals surface area contributed by atoms with Crippen LogP contribution in [0.4, 0.5) is 0 Å². The minimum Gasteiger partial charge on any atom is -0.456 e. The molecule has 2 nitrogen and oxygen atoms in total. The van der Waals surface area contributed by atoms with E-state index < -0.39 is 0 Å². The fraction of sp³-hybridized carbons (Fsp3) is 0. The molecule has 0 amide bonds. The summed E-state index contributed by atoms with van der Waals surface area (Å²) in [7, 11) is 0. The molecule has 0 bridgehead atoms. The van der Waals surface area contributed by atoms with Crippen molar-refractivity contribution in [3.05, 3.63) is 158 Å². The summed E-state index contributed by atoms with van der Waals surface area (Å²) < 4.78 is 13.4. The molecule has 0 fully saturated rings. The van der Waals surface area contributed by atoms with Crippen LogP contribution in [0.25, 0.3) is 120 Å². The third-order valence-electron chi connectivity index (χ3n) is 11.0. The van der Waals surface area contributed by atoms with Crippen molar-refractivity contribution in [2.75, 3.05) is 0 Å². The molecule has 2 heteroatoms. The lowest BCUT2D eigenvalue weighted by Crippen LogP contribution is -1.89. The fourth-order valence-electron chi connectivity index (χ4n) is 8.74. The Morgan fingerprint density at radius 2 is 0.900 bits per heavy atom. The molecular weight excluding hydrogens is 609 g/mol. The summed E-state index contributed by atoms with van der Waals surface area (Å²) in [4.78, 5) is 0. The van der Waals surface area contributed by atoms with Gasteiger partial charge in [-0.2, -0.15) is 0 Å². The van der Waals surface area contributed by atoms with E-state index in [-0.39, 0.29) is 0 Å². The number of fused-ring (bicyclic) bond motifs is 10. The van der Waals surface area contributed by atoms with E-state index in [9.17, 15) is 0 Å². The highest BCUT2D eigenvalue weighted by Gasteiger charge is 2.22. The Hall–Kier alpha value is -6.64. The van der Waals surface area contributed by atoms with Gasteiger partial charge < -0.3 is 8.83 Å². The molecule has 0 aliphatic heterocycles. The molecule has 2 heterocycles. The molecule has 230 valence electrons. The van der Waals surface area contributed by atoms with Crippen molar-refractivity contribution >= 4 is 97.7 Å². The molecule has 0 radical (unpaired) electrons. The second kappa shape index (κ2) is 9.49. The maximum absolute atomic E-state index is 7.07. The van der Waals surface area contributed by atoms with E-state index in [1.807, 2.05) is 0 Å². The highest BCUT2D eigenvalue weighted by Crippen LogP contribution is 2.47. The minimum atomic E-state index is 0.886. The van der Waals surface area contributed by atoms with Gasteiger partial charge in [-0.15, -0.1) is 0 Å². The molecule has 0 atom stereocenters. The van der Waals surface area contributed by atoms with Crippen molar-refractivity contribution in [1.82, 2.24) is 0 Å². The van der Waals surface area contributed by atoms with Crippen LogP contribution in [0.3, 0.4) is 0 Å². The molecule has 12 aromatic rings. The summed E-state index contributed by atoms with van der Waals surface area (Å²) in [5.74, 6) is 0. The van der Waals surface area contributed by atoms with Crippen LogP contribution in [0.15, 0.2) is 167 Å². The van der Waals surface area contributed by atoms with Crippen LogP contribution in [0.5, 0.6) is 0 Å². The lowest BCUT2D eigenvalue weighted by Gasteiger charge is -2.15. The van der Waals surface area contributed by atoms with Crippen LogP contribution in [0.2, 0.25) is 0 Å². The first-order valence-electron chi connectivity index (χ1n) is 17.2. The molecule has 10 aromatic carbocycles. The average Bonchev–Trinajstić information content (AvgIpc) is 3.76. The summed E-state index contributed by atoms with van der Waals surface area (Å²) in [6.07, 6.45) is 0.